The number of methoxy groups -OCH3 is 1. The molecule has 21 heavy (non-hydrogen) atoms. The third-order valence-electron chi connectivity index (χ3n) is 3.01. The summed E-state index contributed by atoms with van der Waals surface area (Å²) in [6.07, 6.45) is 0. The molecule has 3 nitrogen and oxygen atoms in total. The van der Waals surface area contributed by atoms with E-state index in [2.05, 4.69) is 21.2 Å². The summed E-state index contributed by atoms with van der Waals surface area (Å²) in [6.45, 7) is 1.06. The summed E-state index contributed by atoms with van der Waals surface area (Å²) in [7, 11) is 3.51. The van der Waals surface area contributed by atoms with Crippen LogP contribution in [-0.2, 0) is 13.2 Å². The molecule has 0 radical (unpaired) electrons. The summed E-state index contributed by atoms with van der Waals surface area (Å²) >= 11 is 3.17. The number of hydrogen-bond acceptors (Lipinski definition) is 3. The predicted octanol–water partition coefficient (Wildman–Crippen LogP) is 3.90. The first-order valence-corrected chi connectivity index (χ1v) is 7.31. The minimum Gasteiger partial charge on any atom is -0.497 e. The van der Waals surface area contributed by atoms with Crippen LogP contribution in [0.4, 0.5) is 4.39 Å². The molecule has 0 heterocycles. The first-order valence-electron chi connectivity index (χ1n) is 6.52. The van der Waals surface area contributed by atoms with E-state index in [1.54, 1.807) is 19.2 Å². The average molecular weight is 354 g/mol. The van der Waals surface area contributed by atoms with Gasteiger partial charge in [-0.25, -0.2) is 4.39 Å². The lowest BCUT2D eigenvalue weighted by Gasteiger charge is -2.13. The molecule has 0 saturated carbocycles. The fourth-order valence-corrected chi connectivity index (χ4v) is 2.37. The highest BCUT2D eigenvalue weighted by molar-refractivity contribution is 9.10. The van der Waals surface area contributed by atoms with E-state index in [9.17, 15) is 4.39 Å². The molecule has 0 amide bonds. The first-order chi connectivity index (χ1) is 10.1. The predicted molar refractivity (Wildman–Crippen MR) is 84.2 cm³/mol. The van der Waals surface area contributed by atoms with Crippen molar-refractivity contribution in [2.45, 2.75) is 13.2 Å². The van der Waals surface area contributed by atoms with E-state index in [1.165, 1.54) is 6.07 Å². The zero-order chi connectivity index (χ0) is 15.2. The van der Waals surface area contributed by atoms with Gasteiger partial charge < -0.3 is 14.8 Å². The topological polar surface area (TPSA) is 30.5 Å². The normalized spacial score (nSPS) is 10.5. The van der Waals surface area contributed by atoms with Gasteiger partial charge in [0, 0.05) is 12.1 Å². The summed E-state index contributed by atoms with van der Waals surface area (Å²) in [5.74, 6) is 1.29. The summed E-state index contributed by atoms with van der Waals surface area (Å²) < 4.78 is 24.7. The molecule has 0 fully saturated rings. The van der Waals surface area contributed by atoms with Crippen molar-refractivity contribution in [2.24, 2.45) is 0 Å². The van der Waals surface area contributed by atoms with Gasteiger partial charge in [-0.15, -0.1) is 0 Å². The van der Waals surface area contributed by atoms with Crippen molar-refractivity contribution >= 4 is 15.9 Å². The van der Waals surface area contributed by atoms with Gasteiger partial charge in [-0.1, -0.05) is 6.07 Å². The summed E-state index contributed by atoms with van der Waals surface area (Å²) in [5.41, 5.74) is 1.91. The van der Waals surface area contributed by atoms with Gasteiger partial charge in [0.15, 0.2) is 0 Å². The Morgan fingerprint density at radius 3 is 2.67 bits per heavy atom. The standard InChI is InChI=1S/C16H17BrFNO2/c1-19-9-12-8-13(20-2)4-6-16(12)21-10-11-3-5-15(18)14(17)7-11/h3-8,19H,9-10H2,1-2H3. The third-order valence-corrected chi connectivity index (χ3v) is 3.62. The Balaban J connectivity index is 2.13. The highest BCUT2D eigenvalue weighted by Crippen LogP contribution is 2.25. The van der Waals surface area contributed by atoms with Gasteiger partial charge in [0.05, 0.1) is 11.6 Å². The molecule has 0 unspecified atom stereocenters. The summed E-state index contributed by atoms with van der Waals surface area (Å²) in [5, 5.41) is 3.10. The fourth-order valence-electron chi connectivity index (χ4n) is 1.94. The van der Waals surface area contributed by atoms with Crippen LogP contribution in [0, 0.1) is 5.82 Å². The second-order valence-corrected chi connectivity index (χ2v) is 5.40. The monoisotopic (exact) mass is 353 g/mol. The zero-order valence-corrected chi connectivity index (χ0v) is 13.5. The van der Waals surface area contributed by atoms with Gasteiger partial charge in [-0.05, 0) is 58.9 Å². The van der Waals surface area contributed by atoms with E-state index in [1.807, 2.05) is 25.2 Å². The Labute approximate surface area is 132 Å². The fraction of sp³-hybridized carbons (Fsp3) is 0.250. The molecule has 0 atom stereocenters. The van der Waals surface area contributed by atoms with Gasteiger partial charge >= 0.3 is 0 Å². The quantitative estimate of drug-likeness (QED) is 0.854. The number of benzene rings is 2. The van der Waals surface area contributed by atoms with Crippen molar-refractivity contribution in [1.29, 1.82) is 0 Å². The minimum absolute atomic E-state index is 0.279. The number of halogens is 2. The molecular formula is C16H17BrFNO2. The Bertz CT molecular complexity index is 619. The lowest BCUT2D eigenvalue weighted by Crippen LogP contribution is -2.08. The van der Waals surface area contributed by atoms with Crippen molar-refractivity contribution in [3.8, 4) is 11.5 Å². The number of ether oxygens (including phenoxy) is 2. The van der Waals surface area contributed by atoms with Gasteiger partial charge in [0.25, 0.3) is 0 Å². The van der Waals surface area contributed by atoms with Crippen LogP contribution in [0.2, 0.25) is 0 Å². The molecule has 5 heteroatoms. The largest absolute Gasteiger partial charge is 0.497 e. The lowest BCUT2D eigenvalue weighted by atomic mass is 10.2. The Kier molecular flexibility index (Phi) is 5.59. The molecule has 0 aliphatic rings. The van der Waals surface area contributed by atoms with Crippen LogP contribution in [0.15, 0.2) is 40.9 Å². The van der Waals surface area contributed by atoms with Crippen LogP contribution < -0.4 is 14.8 Å². The number of hydrogen-bond donors (Lipinski definition) is 1. The molecule has 0 aliphatic carbocycles. The van der Waals surface area contributed by atoms with Gasteiger partial charge in [0.2, 0.25) is 0 Å². The van der Waals surface area contributed by atoms with Crippen LogP contribution in [0.5, 0.6) is 11.5 Å². The second-order valence-electron chi connectivity index (χ2n) is 4.54. The molecule has 0 aliphatic heterocycles. The minimum atomic E-state index is -0.279. The zero-order valence-electron chi connectivity index (χ0n) is 12.0. The molecule has 0 saturated heterocycles. The van der Waals surface area contributed by atoms with Crippen LogP contribution in [-0.4, -0.2) is 14.2 Å². The first kappa shape index (κ1) is 15.8. The molecule has 2 aromatic carbocycles. The summed E-state index contributed by atoms with van der Waals surface area (Å²) in [4.78, 5) is 0. The van der Waals surface area contributed by atoms with E-state index in [4.69, 9.17) is 9.47 Å². The molecule has 0 bridgehead atoms. The van der Waals surface area contributed by atoms with Gasteiger partial charge in [0.1, 0.15) is 23.9 Å². The van der Waals surface area contributed by atoms with Crippen LogP contribution in [0.25, 0.3) is 0 Å². The van der Waals surface area contributed by atoms with E-state index in [-0.39, 0.29) is 5.82 Å². The summed E-state index contributed by atoms with van der Waals surface area (Å²) in [6, 6.07) is 10.5. The van der Waals surface area contributed by atoms with Crippen LogP contribution >= 0.6 is 15.9 Å². The maximum absolute atomic E-state index is 13.2. The van der Waals surface area contributed by atoms with Gasteiger partial charge in [-0.2, -0.15) is 0 Å². The van der Waals surface area contributed by atoms with Crippen molar-refractivity contribution in [3.05, 3.63) is 57.8 Å². The molecule has 0 spiro atoms. The van der Waals surface area contributed by atoms with Crippen molar-refractivity contribution in [2.75, 3.05) is 14.2 Å². The maximum atomic E-state index is 13.2. The SMILES string of the molecule is CNCc1cc(OC)ccc1OCc1ccc(F)c(Br)c1. The number of rotatable bonds is 6. The molecule has 2 rings (SSSR count). The Hall–Kier alpha value is -1.59. The second kappa shape index (κ2) is 7.43. The van der Waals surface area contributed by atoms with Crippen LogP contribution in [0.1, 0.15) is 11.1 Å². The van der Waals surface area contributed by atoms with Crippen molar-refractivity contribution in [3.63, 3.8) is 0 Å². The van der Waals surface area contributed by atoms with Crippen molar-refractivity contribution < 1.29 is 13.9 Å². The molecular weight excluding hydrogens is 337 g/mol. The smallest absolute Gasteiger partial charge is 0.137 e. The van der Waals surface area contributed by atoms with Crippen molar-refractivity contribution in [1.82, 2.24) is 5.32 Å². The highest BCUT2D eigenvalue weighted by atomic mass is 79.9. The molecule has 112 valence electrons. The van der Waals surface area contributed by atoms with E-state index < -0.39 is 0 Å². The Morgan fingerprint density at radius 2 is 2.00 bits per heavy atom. The van der Waals surface area contributed by atoms with Crippen LogP contribution in [0.3, 0.4) is 0 Å². The van der Waals surface area contributed by atoms with Gasteiger partial charge in [-0.3, -0.25) is 0 Å². The maximum Gasteiger partial charge on any atom is 0.137 e. The molecule has 0 aromatic heterocycles. The lowest BCUT2D eigenvalue weighted by molar-refractivity contribution is 0.301. The van der Waals surface area contributed by atoms with E-state index in [0.29, 0.717) is 17.6 Å². The van der Waals surface area contributed by atoms with E-state index in [0.717, 1.165) is 22.6 Å². The molecule has 2 aromatic rings. The average Bonchev–Trinajstić information content (AvgIpc) is 2.49. The third kappa shape index (κ3) is 4.19. The Morgan fingerprint density at radius 1 is 1.19 bits per heavy atom. The highest BCUT2D eigenvalue weighted by Gasteiger charge is 2.07. The number of nitrogens with one attached hydrogen (secondary N) is 1. The van der Waals surface area contributed by atoms with E-state index >= 15 is 0 Å². The molecule has 1 N–H and O–H groups in total.